The summed E-state index contributed by atoms with van der Waals surface area (Å²) in [7, 11) is 0. The first-order chi connectivity index (χ1) is 11.2. The van der Waals surface area contributed by atoms with E-state index in [1.54, 1.807) is 5.32 Å². The maximum absolute atomic E-state index is 12.1. The molecule has 4 N–H and O–H groups in total. The molecule has 1 aromatic rings. The second-order valence-corrected chi connectivity index (χ2v) is 5.98. The van der Waals surface area contributed by atoms with Crippen LogP contribution in [0.25, 0.3) is 0 Å². The number of hydrogen-bond donors (Lipinski definition) is 3. The fraction of sp³-hybridized carbons (Fsp3) is 0.500. The van der Waals surface area contributed by atoms with E-state index in [1.807, 2.05) is 0 Å². The van der Waals surface area contributed by atoms with Crippen LogP contribution >= 0.6 is 0 Å². The summed E-state index contributed by atoms with van der Waals surface area (Å²) in [5.74, 6) is -0.800. The minimum absolute atomic E-state index is 0.0513. The van der Waals surface area contributed by atoms with Crippen molar-refractivity contribution in [2.45, 2.75) is 37.9 Å². The molecule has 0 aliphatic heterocycles. The number of carbonyl (C=O) groups is 2. The summed E-state index contributed by atoms with van der Waals surface area (Å²) >= 11 is 0. The lowest BCUT2D eigenvalue weighted by molar-refractivity contribution is -0.123. The third-order valence-electron chi connectivity index (χ3n) is 4.05. The molecule has 0 bridgehead atoms. The van der Waals surface area contributed by atoms with Crippen molar-refractivity contribution in [1.82, 2.24) is 5.32 Å². The van der Waals surface area contributed by atoms with E-state index in [0.717, 1.165) is 19.3 Å². The molecule has 132 valence electrons. The molecule has 1 fully saturated rings. The molecule has 0 aromatic heterocycles. The molecule has 1 saturated carbocycles. The van der Waals surface area contributed by atoms with Gasteiger partial charge in [0.15, 0.2) is 0 Å². The molecule has 24 heavy (non-hydrogen) atoms. The number of benzene rings is 1. The van der Waals surface area contributed by atoms with Crippen LogP contribution in [0.5, 0.6) is 0 Å². The summed E-state index contributed by atoms with van der Waals surface area (Å²) in [6.45, 7) is -1.38. The number of alkyl halides is 3. The third-order valence-corrected chi connectivity index (χ3v) is 4.05. The minimum atomic E-state index is -4.45. The third kappa shape index (κ3) is 5.52. The van der Waals surface area contributed by atoms with Gasteiger partial charge in [-0.05, 0) is 43.0 Å². The van der Waals surface area contributed by atoms with Crippen LogP contribution in [-0.2, 0) is 4.79 Å². The Morgan fingerprint density at radius 2 is 1.83 bits per heavy atom. The monoisotopic (exact) mass is 343 g/mol. The topological polar surface area (TPSA) is 84.2 Å². The summed E-state index contributed by atoms with van der Waals surface area (Å²) in [5.41, 5.74) is 6.51. The maximum atomic E-state index is 12.1. The van der Waals surface area contributed by atoms with Gasteiger partial charge in [0, 0.05) is 23.7 Å². The average Bonchev–Trinajstić information content (AvgIpc) is 2.90. The zero-order chi connectivity index (χ0) is 17.7. The molecule has 2 amide bonds. The van der Waals surface area contributed by atoms with E-state index in [1.165, 1.54) is 24.3 Å². The number of nitrogens with one attached hydrogen (secondary N) is 2. The van der Waals surface area contributed by atoms with Crippen molar-refractivity contribution < 1.29 is 22.8 Å². The van der Waals surface area contributed by atoms with E-state index in [-0.39, 0.29) is 23.4 Å². The van der Waals surface area contributed by atoms with Gasteiger partial charge >= 0.3 is 6.18 Å². The highest BCUT2D eigenvalue weighted by atomic mass is 19.4. The van der Waals surface area contributed by atoms with Crippen LogP contribution in [0.3, 0.4) is 0 Å². The van der Waals surface area contributed by atoms with Crippen LogP contribution in [0.1, 0.15) is 36.0 Å². The van der Waals surface area contributed by atoms with E-state index in [9.17, 15) is 22.8 Å². The normalized spacial score (nSPS) is 20.7. The summed E-state index contributed by atoms with van der Waals surface area (Å²) in [4.78, 5) is 23.6. The molecule has 1 aromatic carbocycles. The lowest BCUT2D eigenvalue weighted by atomic mass is 10.00. The number of carbonyl (C=O) groups excluding carboxylic acids is 2. The van der Waals surface area contributed by atoms with Crippen molar-refractivity contribution in [2.24, 2.45) is 11.7 Å². The van der Waals surface area contributed by atoms with E-state index < -0.39 is 18.6 Å². The molecule has 2 rings (SSSR count). The van der Waals surface area contributed by atoms with Crippen LogP contribution < -0.4 is 16.4 Å². The highest BCUT2D eigenvalue weighted by Crippen LogP contribution is 2.27. The molecule has 5 nitrogen and oxygen atoms in total. The molecule has 0 unspecified atom stereocenters. The Kier molecular flexibility index (Phi) is 5.82. The number of halogens is 3. The summed E-state index contributed by atoms with van der Waals surface area (Å²) < 4.78 is 36.2. The van der Waals surface area contributed by atoms with Crippen LogP contribution in [0.4, 0.5) is 18.9 Å². The second kappa shape index (κ2) is 7.65. The Balaban J connectivity index is 1.85. The smallest absolute Gasteiger partial charge is 0.343 e. The van der Waals surface area contributed by atoms with Crippen LogP contribution in [-0.4, -0.2) is 30.6 Å². The molecule has 8 heteroatoms. The Morgan fingerprint density at radius 3 is 2.38 bits per heavy atom. The van der Waals surface area contributed by atoms with Gasteiger partial charge in [0.2, 0.25) is 5.91 Å². The lowest BCUT2D eigenvalue weighted by Crippen LogP contribution is -2.33. The number of hydrogen-bond acceptors (Lipinski definition) is 3. The maximum Gasteiger partial charge on any atom is 0.405 e. The van der Waals surface area contributed by atoms with Crippen molar-refractivity contribution in [2.75, 3.05) is 11.9 Å². The van der Waals surface area contributed by atoms with Gasteiger partial charge in [0.05, 0.1) is 0 Å². The first-order valence-electron chi connectivity index (χ1n) is 7.75. The summed E-state index contributed by atoms with van der Waals surface area (Å²) in [5, 5.41) is 4.49. The van der Waals surface area contributed by atoms with E-state index in [0.29, 0.717) is 12.1 Å². The van der Waals surface area contributed by atoms with Gasteiger partial charge in [-0.15, -0.1) is 0 Å². The molecule has 0 radical (unpaired) electrons. The van der Waals surface area contributed by atoms with Gasteiger partial charge in [0.25, 0.3) is 5.91 Å². The number of rotatable bonds is 5. The lowest BCUT2D eigenvalue weighted by Gasteiger charge is -2.15. The number of nitrogens with two attached hydrogens (primary N) is 1. The highest BCUT2D eigenvalue weighted by molar-refractivity contribution is 5.95. The summed E-state index contributed by atoms with van der Waals surface area (Å²) in [6.07, 6.45) is -1.22. The minimum Gasteiger partial charge on any atom is -0.343 e. The zero-order valence-electron chi connectivity index (χ0n) is 13.0. The first kappa shape index (κ1) is 18.3. The average molecular weight is 343 g/mol. The summed E-state index contributed by atoms with van der Waals surface area (Å²) in [6, 6.07) is 5.74. The molecule has 0 spiro atoms. The van der Waals surface area contributed by atoms with Gasteiger partial charge < -0.3 is 16.4 Å². The predicted molar refractivity (Wildman–Crippen MR) is 83.4 cm³/mol. The Morgan fingerprint density at radius 1 is 1.17 bits per heavy atom. The Labute approximate surface area is 137 Å². The van der Waals surface area contributed by atoms with Crippen molar-refractivity contribution in [3.8, 4) is 0 Å². The van der Waals surface area contributed by atoms with E-state index in [4.69, 9.17) is 5.73 Å². The molecule has 2 atom stereocenters. The standard InChI is InChI=1S/C16H20F3N3O2/c17-16(18,19)9-21-15(24)10-4-6-12(7-5-10)22-14(23)8-11-2-1-3-13(11)20/h4-7,11,13H,1-3,8-9,20H2,(H,21,24)(H,22,23)/t11-,13+/m0/s1. The number of amides is 2. The molecule has 1 aliphatic carbocycles. The Hall–Kier alpha value is -2.09. The largest absolute Gasteiger partial charge is 0.405 e. The van der Waals surface area contributed by atoms with Crippen molar-refractivity contribution in [3.63, 3.8) is 0 Å². The molecular weight excluding hydrogens is 323 g/mol. The van der Waals surface area contributed by atoms with E-state index >= 15 is 0 Å². The Bertz CT molecular complexity index is 587. The fourth-order valence-corrected chi connectivity index (χ4v) is 2.76. The molecule has 0 heterocycles. The highest BCUT2D eigenvalue weighted by Gasteiger charge is 2.28. The molecule has 1 aliphatic rings. The van der Waals surface area contributed by atoms with Crippen molar-refractivity contribution in [3.05, 3.63) is 29.8 Å². The second-order valence-electron chi connectivity index (χ2n) is 5.98. The fourth-order valence-electron chi connectivity index (χ4n) is 2.76. The van der Waals surface area contributed by atoms with Crippen LogP contribution in [0.2, 0.25) is 0 Å². The first-order valence-corrected chi connectivity index (χ1v) is 7.75. The quantitative estimate of drug-likeness (QED) is 0.768. The molecular formula is C16H20F3N3O2. The number of anilines is 1. The zero-order valence-corrected chi connectivity index (χ0v) is 13.0. The van der Waals surface area contributed by atoms with Gasteiger partial charge in [-0.3, -0.25) is 9.59 Å². The van der Waals surface area contributed by atoms with Crippen LogP contribution in [0.15, 0.2) is 24.3 Å². The van der Waals surface area contributed by atoms with Crippen molar-refractivity contribution >= 4 is 17.5 Å². The van der Waals surface area contributed by atoms with Gasteiger partial charge in [-0.1, -0.05) is 6.42 Å². The van der Waals surface area contributed by atoms with Gasteiger partial charge in [-0.2, -0.15) is 13.2 Å². The molecule has 0 saturated heterocycles. The van der Waals surface area contributed by atoms with E-state index in [2.05, 4.69) is 5.32 Å². The van der Waals surface area contributed by atoms with Gasteiger partial charge in [0.1, 0.15) is 6.54 Å². The SMILES string of the molecule is N[C@@H]1CCC[C@H]1CC(=O)Nc1ccc(C(=O)NCC(F)(F)F)cc1. The predicted octanol–water partition coefficient (Wildman–Crippen LogP) is 2.43. The van der Waals surface area contributed by atoms with Crippen LogP contribution in [0, 0.1) is 5.92 Å². The van der Waals surface area contributed by atoms with Gasteiger partial charge in [-0.25, -0.2) is 0 Å². The van der Waals surface area contributed by atoms with Crippen molar-refractivity contribution in [1.29, 1.82) is 0 Å².